The lowest BCUT2D eigenvalue weighted by atomic mass is 10.3. The molecule has 2 aromatic rings. The molecule has 18 heavy (non-hydrogen) atoms. The molecule has 1 heterocycles. The first-order valence-corrected chi connectivity index (χ1v) is 5.57. The normalized spacial score (nSPS) is 10.9. The second-order valence-corrected chi connectivity index (χ2v) is 3.85. The number of halogens is 3. The number of esters is 1. The van der Waals surface area contributed by atoms with E-state index in [2.05, 4.69) is 9.72 Å². The number of hydrogen-bond acceptors (Lipinski definition) is 3. The molecular weight excluding hydrogens is 266 g/mol. The van der Waals surface area contributed by atoms with Crippen molar-refractivity contribution in [1.82, 2.24) is 9.55 Å². The van der Waals surface area contributed by atoms with Crippen LogP contribution in [0.25, 0.3) is 11.0 Å². The maximum Gasteiger partial charge on any atom is 0.325 e. The van der Waals surface area contributed by atoms with Crippen molar-refractivity contribution in [2.45, 2.75) is 12.4 Å². The van der Waals surface area contributed by atoms with E-state index < -0.39 is 17.6 Å². The molecule has 0 aliphatic carbocycles. The fourth-order valence-electron chi connectivity index (χ4n) is 1.67. The molecular formula is C11H9ClF2N2O2. The maximum atomic E-state index is 13.5. The molecule has 0 bridgehead atoms. The lowest BCUT2D eigenvalue weighted by molar-refractivity contribution is -0.141. The van der Waals surface area contributed by atoms with Crippen LogP contribution >= 0.6 is 11.6 Å². The molecule has 1 aromatic heterocycles. The van der Waals surface area contributed by atoms with Gasteiger partial charge in [-0.25, -0.2) is 13.8 Å². The topological polar surface area (TPSA) is 44.1 Å². The molecule has 0 amide bonds. The third kappa shape index (κ3) is 2.15. The molecule has 0 aliphatic rings. The highest BCUT2D eigenvalue weighted by atomic mass is 35.5. The summed E-state index contributed by atoms with van der Waals surface area (Å²) in [6.45, 7) is -0.196. The van der Waals surface area contributed by atoms with E-state index in [4.69, 9.17) is 11.6 Å². The van der Waals surface area contributed by atoms with Crippen molar-refractivity contribution in [3.05, 3.63) is 29.6 Å². The molecule has 0 aliphatic heterocycles. The average molecular weight is 275 g/mol. The largest absolute Gasteiger partial charge is 0.468 e. The summed E-state index contributed by atoms with van der Waals surface area (Å²) in [6, 6.07) is 1.83. The Morgan fingerprint density at radius 3 is 2.83 bits per heavy atom. The van der Waals surface area contributed by atoms with Gasteiger partial charge in [-0.05, 0) is 6.07 Å². The first-order chi connectivity index (χ1) is 8.56. The number of benzene rings is 1. The van der Waals surface area contributed by atoms with E-state index in [0.717, 1.165) is 12.1 Å². The molecule has 0 N–H and O–H groups in total. The van der Waals surface area contributed by atoms with Crippen LogP contribution in [0.4, 0.5) is 8.78 Å². The highest BCUT2D eigenvalue weighted by Crippen LogP contribution is 2.22. The van der Waals surface area contributed by atoms with Gasteiger partial charge in [-0.3, -0.25) is 4.79 Å². The molecule has 0 fully saturated rings. The number of fused-ring (bicyclic) bond motifs is 1. The maximum absolute atomic E-state index is 13.5. The Morgan fingerprint density at radius 1 is 1.50 bits per heavy atom. The molecule has 0 radical (unpaired) electrons. The molecule has 4 nitrogen and oxygen atoms in total. The summed E-state index contributed by atoms with van der Waals surface area (Å²) >= 11 is 5.67. The zero-order valence-electron chi connectivity index (χ0n) is 9.41. The van der Waals surface area contributed by atoms with Gasteiger partial charge in [0.15, 0.2) is 5.82 Å². The number of ether oxygens (including phenoxy) is 1. The number of aromatic nitrogens is 2. The summed E-state index contributed by atoms with van der Waals surface area (Å²) in [4.78, 5) is 15.2. The minimum atomic E-state index is -0.792. The predicted molar refractivity (Wildman–Crippen MR) is 61.2 cm³/mol. The van der Waals surface area contributed by atoms with Gasteiger partial charge >= 0.3 is 5.97 Å². The summed E-state index contributed by atoms with van der Waals surface area (Å²) in [5.41, 5.74) is 0.157. The highest BCUT2D eigenvalue weighted by molar-refractivity contribution is 6.16. The summed E-state index contributed by atoms with van der Waals surface area (Å²) in [6.07, 6.45) is 0. The first kappa shape index (κ1) is 12.8. The molecule has 0 saturated carbocycles. The minimum absolute atomic E-state index is 0.0176. The monoisotopic (exact) mass is 274 g/mol. The van der Waals surface area contributed by atoms with E-state index in [1.54, 1.807) is 0 Å². The van der Waals surface area contributed by atoms with Gasteiger partial charge in [-0.1, -0.05) is 0 Å². The molecule has 0 spiro atoms. The first-order valence-electron chi connectivity index (χ1n) is 5.03. The van der Waals surface area contributed by atoms with Crippen LogP contribution in [0.5, 0.6) is 0 Å². The van der Waals surface area contributed by atoms with Crippen LogP contribution in [-0.2, 0) is 22.0 Å². The van der Waals surface area contributed by atoms with Gasteiger partial charge in [0.2, 0.25) is 0 Å². The van der Waals surface area contributed by atoms with Crippen LogP contribution in [0.2, 0.25) is 0 Å². The predicted octanol–water partition coefficient (Wildman–Crippen LogP) is 2.23. The van der Waals surface area contributed by atoms with Gasteiger partial charge in [0.1, 0.15) is 23.7 Å². The van der Waals surface area contributed by atoms with Crippen molar-refractivity contribution < 1.29 is 18.3 Å². The molecule has 0 unspecified atom stereocenters. The van der Waals surface area contributed by atoms with Crippen molar-refractivity contribution in [1.29, 1.82) is 0 Å². The molecule has 2 rings (SSSR count). The van der Waals surface area contributed by atoms with Crippen LogP contribution in [-0.4, -0.2) is 22.6 Å². The number of alkyl halides is 1. The Kier molecular flexibility index (Phi) is 3.47. The molecule has 1 aromatic carbocycles. The van der Waals surface area contributed by atoms with E-state index in [1.165, 1.54) is 11.7 Å². The van der Waals surface area contributed by atoms with E-state index in [0.29, 0.717) is 0 Å². The lowest BCUT2D eigenvalue weighted by Gasteiger charge is -2.05. The van der Waals surface area contributed by atoms with Crippen LogP contribution < -0.4 is 0 Å². The SMILES string of the molecule is COC(=O)Cn1c(CCl)nc2c(F)cc(F)cc21. The molecule has 0 saturated heterocycles. The van der Waals surface area contributed by atoms with Crippen LogP contribution in [0, 0.1) is 11.6 Å². The fraction of sp³-hybridized carbons (Fsp3) is 0.273. The van der Waals surface area contributed by atoms with Crippen LogP contribution in [0.1, 0.15) is 5.82 Å². The average Bonchev–Trinajstić information content (AvgIpc) is 2.68. The number of hydrogen-bond donors (Lipinski definition) is 0. The van der Waals surface area contributed by atoms with Crippen LogP contribution in [0.3, 0.4) is 0 Å². The highest BCUT2D eigenvalue weighted by Gasteiger charge is 2.17. The number of carbonyl (C=O) groups is 1. The van der Waals surface area contributed by atoms with Gasteiger partial charge in [-0.2, -0.15) is 0 Å². The smallest absolute Gasteiger partial charge is 0.325 e. The van der Waals surface area contributed by atoms with E-state index in [9.17, 15) is 13.6 Å². The second kappa shape index (κ2) is 4.89. The van der Waals surface area contributed by atoms with Gasteiger partial charge in [0.05, 0.1) is 18.5 Å². The van der Waals surface area contributed by atoms with Crippen LogP contribution in [0.15, 0.2) is 12.1 Å². The third-order valence-corrected chi connectivity index (χ3v) is 2.72. The van der Waals surface area contributed by atoms with Gasteiger partial charge < -0.3 is 9.30 Å². The summed E-state index contributed by atoms with van der Waals surface area (Å²) in [5, 5.41) is 0. The summed E-state index contributed by atoms with van der Waals surface area (Å²) in [7, 11) is 1.23. The second-order valence-electron chi connectivity index (χ2n) is 3.58. The van der Waals surface area contributed by atoms with Gasteiger partial charge in [0.25, 0.3) is 0 Å². The van der Waals surface area contributed by atoms with Gasteiger partial charge in [-0.15, -0.1) is 11.6 Å². The lowest BCUT2D eigenvalue weighted by Crippen LogP contribution is -2.13. The zero-order valence-corrected chi connectivity index (χ0v) is 10.2. The molecule has 0 atom stereocenters. The minimum Gasteiger partial charge on any atom is -0.468 e. The Labute approximate surface area is 106 Å². The van der Waals surface area contributed by atoms with Crippen molar-refractivity contribution in [2.24, 2.45) is 0 Å². The fourth-order valence-corrected chi connectivity index (χ4v) is 1.87. The van der Waals surface area contributed by atoms with Crippen molar-refractivity contribution in [2.75, 3.05) is 7.11 Å². The Hall–Kier alpha value is -1.69. The Bertz CT molecular complexity index is 613. The Balaban J connectivity index is 2.64. The standard InChI is InChI=1S/C11H9ClF2N2O2/c1-18-10(17)5-16-8-3-6(13)2-7(14)11(8)15-9(16)4-12/h2-3H,4-5H2,1H3. The van der Waals surface area contributed by atoms with Crippen molar-refractivity contribution in [3.8, 4) is 0 Å². The number of nitrogens with zero attached hydrogens (tertiary/aromatic N) is 2. The number of imidazole rings is 1. The number of carbonyl (C=O) groups excluding carboxylic acids is 1. The molecule has 96 valence electrons. The van der Waals surface area contributed by atoms with Crippen molar-refractivity contribution >= 4 is 28.6 Å². The third-order valence-electron chi connectivity index (χ3n) is 2.49. The van der Waals surface area contributed by atoms with E-state index in [1.807, 2.05) is 0 Å². The molecule has 7 heteroatoms. The number of methoxy groups -OCH3 is 1. The zero-order chi connectivity index (χ0) is 13.3. The van der Waals surface area contributed by atoms with E-state index in [-0.39, 0.29) is 29.3 Å². The summed E-state index contributed by atoms with van der Waals surface area (Å²) in [5.74, 6) is -1.83. The Morgan fingerprint density at radius 2 is 2.22 bits per heavy atom. The quantitative estimate of drug-likeness (QED) is 0.637. The van der Waals surface area contributed by atoms with Crippen molar-refractivity contribution in [3.63, 3.8) is 0 Å². The van der Waals surface area contributed by atoms with Gasteiger partial charge in [0, 0.05) is 6.07 Å². The number of rotatable bonds is 3. The van der Waals surface area contributed by atoms with E-state index >= 15 is 0 Å². The summed E-state index contributed by atoms with van der Waals surface area (Å²) < 4.78 is 32.5.